The molecule has 0 N–H and O–H groups in total. The van der Waals surface area contributed by atoms with Gasteiger partial charge in [0, 0.05) is 10.4 Å². The minimum absolute atomic E-state index is 0.0460. The summed E-state index contributed by atoms with van der Waals surface area (Å²) in [7, 11) is 1.58. The van der Waals surface area contributed by atoms with Gasteiger partial charge in [0.05, 0.1) is 37.8 Å². The molecule has 0 aliphatic rings. The van der Waals surface area contributed by atoms with E-state index in [1.165, 1.54) is 4.68 Å². The van der Waals surface area contributed by atoms with Crippen LogP contribution in [0.1, 0.15) is 43.1 Å². The van der Waals surface area contributed by atoms with Crippen molar-refractivity contribution >= 4 is 78.8 Å². The van der Waals surface area contributed by atoms with Crippen molar-refractivity contribution < 1.29 is 9.47 Å². The van der Waals surface area contributed by atoms with Gasteiger partial charge in [0.2, 0.25) is 0 Å². The van der Waals surface area contributed by atoms with Gasteiger partial charge in [-0.05, 0) is 82.6 Å². The van der Waals surface area contributed by atoms with E-state index >= 15 is 0 Å². The molecule has 3 aromatic carbocycles. The second-order valence-corrected chi connectivity index (χ2v) is 11.3. The van der Waals surface area contributed by atoms with Crippen molar-refractivity contribution in [3.05, 3.63) is 93.9 Å². The van der Waals surface area contributed by atoms with E-state index in [1.54, 1.807) is 31.5 Å². The number of benzene rings is 3. The first-order valence-electron chi connectivity index (χ1n) is 11.4. The van der Waals surface area contributed by atoms with E-state index in [2.05, 4.69) is 50.5 Å². The molecule has 1 atom stereocenters. The molecule has 192 valence electrons. The standard InChI is InChI=1S/C27H23BrCl2IN3O3/c1-4-15(2)26-33-23-8-6-18(28)12-19(23)27(35)34(26)32-13-17-10-22(31)25(24(11-17)36-3)37-14-16-5-7-20(29)21(30)9-16/h5-13,15H,4,14H2,1-3H3/t15-/m0/s1. The van der Waals surface area contributed by atoms with Gasteiger partial charge in [-0.2, -0.15) is 9.78 Å². The Morgan fingerprint density at radius 2 is 1.95 bits per heavy atom. The Balaban J connectivity index is 1.69. The number of fused-ring (bicyclic) bond motifs is 1. The van der Waals surface area contributed by atoms with Crippen LogP contribution in [-0.2, 0) is 6.61 Å². The van der Waals surface area contributed by atoms with Crippen LogP contribution in [0.15, 0.2) is 62.9 Å². The molecule has 6 nitrogen and oxygen atoms in total. The average Bonchev–Trinajstić information content (AvgIpc) is 2.88. The normalized spacial score (nSPS) is 12.3. The van der Waals surface area contributed by atoms with Crippen molar-refractivity contribution in [2.45, 2.75) is 32.8 Å². The smallest absolute Gasteiger partial charge is 0.282 e. The van der Waals surface area contributed by atoms with Crippen molar-refractivity contribution in [2.75, 3.05) is 7.11 Å². The summed E-state index contributed by atoms with van der Waals surface area (Å²) in [5.41, 5.74) is 2.06. The van der Waals surface area contributed by atoms with Crippen molar-refractivity contribution in [2.24, 2.45) is 5.10 Å². The first kappa shape index (κ1) is 27.9. The van der Waals surface area contributed by atoms with E-state index in [1.807, 2.05) is 37.3 Å². The second kappa shape index (κ2) is 12.1. The van der Waals surface area contributed by atoms with Gasteiger partial charge < -0.3 is 9.47 Å². The first-order chi connectivity index (χ1) is 17.7. The quantitative estimate of drug-likeness (QED) is 0.137. The first-order valence-corrected chi connectivity index (χ1v) is 14.0. The van der Waals surface area contributed by atoms with E-state index in [-0.39, 0.29) is 11.5 Å². The lowest BCUT2D eigenvalue weighted by Crippen LogP contribution is -2.23. The number of halogens is 4. The Morgan fingerprint density at radius 3 is 2.65 bits per heavy atom. The van der Waals surface area contributed by atoms with Gasteiger partial charge in [-0.25, -0.2) is 4.98 Å². The van der Waals surface area contributed by atoms with Gasteiger partial charge in [0.25, 0.3) is 5.56 Å². The Labute approximate surface area is 246 Å². The minimum Gasteiger partial charge on any atom is -0.493 e. The SMILES string of the molecule is CC[C@H](C)c1nc2ccc(Br)cc2c(=O)n1N=Cc1cc(I)c(OCc2ccc(Cl)c(Cl)c2)c(OC)c1. The van der Waals surface area contributed by atoms with Crippen molar-refractivity contribution in [1.29, 1.82) is 0 Å². The zero-order chi connectivity index (χ0) is 26.7. The van der Waals surface area contributed by atoms with Crippen LogP contribution in [0.4, 0.5) is 0 Å². The van der Waals surface area contributed by atoms with Crippen molar-refractivity contribution in [3.8, 4) is 11.5 Å². The lowest BCUT2D eigenvalue weighted by molar-refractivity contribution is 0.282. The van der Waals surface area contributed by atoms with Gasteiger partial charge in [-0.3, -0.25) is 4.79 Å². The molecule has 0 aliphatic heterocycles. The van der Waals surface area contributed by atoms with Gasteiger partial charge in [0.15, 0.2) is 11.5 Å². The number of hydrogen-bond donors (Lipinski definition) is 0. The Hall–Kier alpha value is -2.14. The maximum atomic E-state index is 13.4. The highest BCUT2D eigenvalue weighted by Crippen LogP contribution is 2.34. The summed E-state index contributed by atoms with van der Waals surface area (Å²) >= 11 is 17.8. The van der Waals surface area contributed by atoms with E-state index in [9.17, 15) is 4.79 Å². The highest BCUT2D eigenvalue weighted by atomic mass is 127. The topological polar surface area (TPSA) is 65.7 Å². The molecule has 0 amide bonds. The van der Waals surface area contributed by atoms with Crippen molar-refractivity contribution in [1.82, 2.24) is 9.66 Å². The molecule has 37 heavy (non-hydrogen) atoms. The van der Waals surface area contributed by atoms with Crippen LogP contribution in [0.3, 0.4) is 0 Å². The number of rotatable bonds is 8. The summed E-state index contributed by atoms with van der Waals surface area (Å²) in [6.07, 6.45) is 2.45. The molecule has 0 bridgehead atoms. The third-order valence-corrected chi connectivity index (χ3v) is 7.86. The van der Waals surface area contributed by atoms with Crippen LogP contribution in [0.5, 0.6) is 11.5 Å². The molecular formula is C27H23BrCl2IN3O3. The van der Waals surface area contributed by atoms with Crippen LogP contribution in [0, 0.1) is 3.57 Å². The molecular weight excluding hydrogens is 692 g/mol. The number of hydrogen-bond acceptors (Lipinski definition) is 5. The highest BCUT2D eigenvalue weighted by molar-refractivity contribution is 14.1. The molecule has 0 saturated heterocycles. The summed E-state index contributed by atoms with van der Waals surface area (Å²) in [4.78, 5) is 18.1. The second-order valence-electron chi connectivity index (χ2n) is 8.37. The lowest BCUT2D eigenvalue weighted by Gasteiger charge is -2.15. The van der Waals surface area contributed by atoms with Gasteiger partial charge in [-0.15, -0.1) is 0 Å². The predicted molar refractivity (Wildman–Crippen MR) is 162 cm³/mol. The molecule has 1 heterocycles. The fourth-order valence-corrected chi connectivity index (χ4v) is 5.11. The summed E-state index contributed by atoms with van der Waals surface area (Å²) in [6.45, 7) is 4.38. The summed E-state index contributed by atoms with van der Waals surface area (Å²) < 4.78 is 14.7. The molecule has 0 unspecified atom stereocenters. The van der Waals surface area contributed by atoms with Crippen LogP contribution in [0.2, 0.25) is 10.0 Å². The summed E-state index contributed by atoms with van der Waals surface area (Å²) in [6, 6.07) is 14.6. The number of nitrogens with zero attached hydrogens (tertiary/aromatic N) is 3. The molecule has 0 saturated carbocycles. The van der Waals surface area contributed by atoms with E-state index in [4.69, 9.17) is 37.7 Å². The third-order valence-electron chi connectivity index (χ3n) is 5.83. The van der Waals surface area contributed by atoms with Crippen LogP contribution in [0.25, 0.3) is 10.9 Å². The molecule has 0 fully saturated rings. The summed E-state index contributed by atoms with van der Waals surface area (Å²) in [5.74, 6) is 1.80. The fourth-order valence-electron chi connectivity index (χ4n) is 3.64. The Morgan fingerprint density at radius 1 is 1.16 bits per heavy atom. The monoisotopic (exact) mass is 713 g/mol. The third kappa shape index (κ3) is 6.30. The molecule has 4 aromatic rings. The minimum atomic E-state index is -0.221. The predicted octanol–water partition coefficient (Wildman–Crippen LogP) is 8.05. The summed E-state index contributed by atoms with van der Waals surface area (Å²) in [5, 5.41) is 6.02. The molecule has 1 aromatic heterocycles. The maximum Gasteiger partial charge on any atom is 0.282 e. The average molecular weight is 715 g/mol. The van der Waals surface area contributed by atoms with Gasteiger partial charge in [-0.1, -0.05) is 59.0 Å². The molecule has 4 rings (SSSR count). The zero-order valence-electron chi connectivity index (χ0n) is 20.3. The van der Waals surface area contributed by atoms with Crippen LogP contribution < -0.4 is 15.0 Å². The van der Waals surface area contributed by atoms with Gasteiger partial charge in [0.1, 0.15) is 12.4 Å². The van der Waals surface area contributed by atoms with E-state index in [0.29, 0.717) is 44.9 Å². The number of methoxy groups -OCH3 is 1. The largest absolute Gasteiger partial charge is 0.493 e. The number of aromatic nitrogens is 2. The lowest BCUT2D eigenvalue weighted by atomic mass is 10.1. The van der Waals surface area contributed by atoms with Crippen LogP contribution in [-0.4, -0.2) is 23.0 Å². The zero-order valence-corrected chi connectivity index (χ0v) is 25.5. The highest BCUT2D eigenvalue weighted by Gasteiger charge is 2.16. The molecule has 0 aliphatic carbocycles. The molecule has 0 spiro atoms. The number of ether oxygens (including phenoxy) is 2. The van der Waals surface area contributed by atoms with Crippen LogP contribution >= 0.6 is 61.7 Å². The molecule has 0 radical (unpaired) electrons. The maximum absolute atomic E-state index is 13.4. The Bertz CT molecular complexity index is 1560. The fraction of sp³-hybridized carbons (Fsp3) is 0.222. The van der Waals surface area contributed by atoms with E-state index in [0.717, 1.165) is 25.6 Å². The van der Waals surface area contributed by atoms with Crippen molar-refractivity contribution in [3.63, 3.8) is 0 Å². The Kier molecular flexibility index (Phi) is 9.15. The van der Waals surface area contributed by atoms with Gasteiger partial charge >= 0.3 is 0 Å². The van der Waals surface area contributed by atoms with E-state index < -0.39 is 0 Å². The molecule has 10 heteroatoms.